The van der Waals surface area contributed by atoms with E-state index in [2.05, 4.69) is 42.0 Å². The first-order valence-corrected chi connectivity index (χ1v) is 18.4. The van der Waals surface area contributed by atoms with Crippen molar-refractivity contribution in [3.8, 4) is 0 Å². The average Bonchev–Trinajstić information content (AvgIpc) is 3.63. The predicted octanol–water partition coefficient (Wildman–Crippen LogP) is 4.44. The van der Waals surface area contributed by atoms with Gasteiger partial charge in [0.1, 0.15) is 29.8 Å². The Morgan fingerprint density at radius 1 is 1.02 bits per heavy atom. The lowest BCUT2D eigenvalue weighted by molar-refractivity contribution is -0.162. The number of cyclic esters (lactones) is 1. The van der Waals surface area contributed by atoms with E-state index in [1.807, 2.05) is 61.2 Å². The molecule has 0 aliphatic carbocycles. The summed E-state index contributed by atoms with van der Waals surface area (Å²) in [6, 6.07) is 7.37. The van der Waals surface area contributed by atoms with Gasteiger partial charge in [-0.25, -0.2) is 0 Å². The molecule has 2 N–H and O–H groups in total. The van der Waals surface area contributed by atoms with Crippen molar-refractivity contribution in [3.05, 3.63) is 58.6 Å². The Morgan fingerprint density at radius 3 is 2.40 bits per heavy atom. The third-order valence-corrected chi connectivity index (χ3v) is 10.8. The highest BCUT2D eigenvalue weighted by Crippen LogP contribution is 2.59. The number of allylic oxidation sites excluding steroid dienone is 1. The molecule has 274 valence electrons. The van der Waals surface area contributed by atoms with Crippen LogP contribution < -0.4 is 5.32 Å². The molecular formula is C38H52BrN3O8. The molecule has 12 heteroatoms. The summed E-state index contributed by atoms with van der Waals surface area (Å²) in [5.74, 6) is -3.61. The van der Waals surface area contributed by atoms with Crippen molar-refractivity contribution < 1.29 is 38.5 Å². The first kappa shape index (κ1) is 38.2. The Morgan fingerprint density at radius 2 is 1.74 bits per heavy atom. The number of likely N-dealkylation sites (tertiary alicyclic amines) is 1. The molecule has 1 aromatic rings. The second kappa shape index (κ2) is 15.3. The van der Waals surface area contributed by atoms with Crippen molar-refractivity contribution in [1.82, 2.24) is 15.1 Å². The second-order valence-corrected chi connectivity index (χ2v) is 16.6. The number of carbonyl (C=O) groups excluding carboxylic acids is 4. The van der Waals surface area contributed by atoms with E-state index in [-0.39, 0.29) is 55.9 Å². The fourth-order valence-electron chi connectivity index (χ4n) is 8.48. The third-order valence-electron chi connectivity index (χ3n) is 10.1. The predicted molar refractivity (Wildman–Crippen MR) is 191 cm³/mol. The number of nitrogens with one attached hydrogen (secondary N) is 1. The van der Waals surface area contributed by atoms with Crippen LogP contribution in [-0.4, -0.2) is 101 Å². The SMILES string of the molecule is COC[C@@H]1NC(=O)CC/C=C\CN(C(C)(C)CC(C)(C)C)C(=O)[C@H]2N(CCCCO)C(=O)[C@@H]3[C@@H](C(=O)O[C@H]1c1ccccc1)[C@@H]1O[C@@]32C=C1Br. The van der Waals surface area contributed by atoms with Crippen molar-refractivity contribution in [1.29, 1.82) is 0 Å². The van der Waals surface area contributed by atoms with E-state index in [1.54, 1.807) is 11.0 Å². The first-order valence-electron chi connectivity index (χ1n) is 17.6. The summed E-state index contributed by atoms with van der Waals surface area (Å²) in [5, 5.41) is 12.6. The quantitative estimate of drug-likeness (QED) is 0.215. The first-order chi connectivity index (χ1) is 23.6. The molecule has 1 aromatic carbocycles. The molecule has 0 radical (unpaired) electrons. The van der Waals surface area contributed by atoms with E-state index in [9.17, 15) is 19.5 Å². The summed E-state index contributed by atoms with van der Waals surface area (Å²) >= 11 is 3.63. The van der Waals surface area contributed by atoms with Gasteiger partial charge in [-0.1, -0.05) is 79.2 Å². The molecule has 5 rings (SSSR count). The molecule has 11 nitrogen and oxygen atoms in total. The standard InChI is InChI=1S/C38H52BrN3O8/c1-36(2,3)23-37(4,5)42-19-12-8-11-17-27(44)40-26(22-48-6)30(24-15-9-7-10-16-24)49-35(47)28-29-33(45)41(18-13-14-20-43)32(34(42)46)38(29)21-25(39)31(28)50-38/h7-10,12,15-16,21,26,28-32,43H,11,13-14,17-20,22-23H2,1-6H3,(H,40,44)/b12-8-/t26-,28+,29-,30-,31+,32+,38-/m0/s1. The van der Waals surface area contributed by atoms with Gasteiger partial charge in [0.15, 0.2) is 0 Å². The van der Waals surface area contributed by atoms with Crippen molar-refractivity contribution in [2.45, 2.75) is 102 Å². The van der Waals surface area contributed by atoms with Crippen LogP contribution in [0.1, 0.15) is 78.4 Å². The molecule has 4 heterocycles. The fourth-order valence-corrected chi connectivity index (χ4v) is 9.22. The fraction of sp³-hybridized carbons (Fsp3) is 0.632. The molecule has 2 saturated heterocycles. The smallest absolute Gasteiger partial charge is 0.313 e. The maximum absolute atomic E-state index is 15.2. The number of hydrogen-bond donors (Lipinski definition) is 2. The Hall–Kier alpha value is -3.06. The number of fused-ring (bicyclic) bond motifs is 2. The number of nitrogens with zero attached hydrogens (tertiary/aromatic N) is 2. The van der Waals surface area contributed by atoms with Gasteiger partial charge >= 0.3 is 5.97 Å². The van der Waals surface area contributed by atoms with Crippen LogP contribution in [0, 0.1) is 17.3 Å². The van der Waals surface area contributed by atoms with Gasteiger partial charge in [-0.2, -0.15) is 0 Å². The van der Waals surface area contributed by atoms with Gasteiger partial charge in [-0.3, -0.25) is 19.2 Å². The molecule has 0 unspecified atom stereocenters. The third kappa shape index (κ3) is 7.59. The average molecular weight is 759 g/mol. The maximum Gasteiger partial charge on any atom is 0.313 e. The molecule has 4 aliphatic heterocycles. The van der Waals surface area contributed by atoms with Crippen molar-refractivity contribution in [2.24, 2.45) is 17.3 Å². The number of esters is 1. The maximum atomic E-state index is 15.2. The van der Waals surface area contributed by atoms with Gasteiger partial charge in [-0.05, 0) is 56.6 Å². The van der Waals surface area contributed by atoms with Gasteiger partial charge in [0.05, 0.1) is 18.6 Å². The number of hydrogen-bond acceptors (Lipinski definition) is 8. The largest absolute Gasteiger partial charge is 0.455 e. The number of ether oxygens (including phenoxy) is 3. The number of halogens is 1. The summed E-state index contributed by atoms with van der Waals surface area (Å²) in [5.41, 5.74) is -1.53. The number of amides is 3. The molecular weight excluding hydrogens is 706 g/mol. The van der Waals surface area contributed by atoms with Gasteiger partial charge in [0.25, 0.3) is 0 Å². The van der Waals surface area contributed by atoms with Crippen molar-refractivity contribution in [2.75, 3.05) is 33.4 Å². The summed E-state index contributed by atoms with van der Waals surface area (Å²) in [7, 11) is 1.52. The van der Waals surface area contributed by atoms with Crippen LogP contribution in [0.3, 0.4) is 0 Å². The Labute approximate surface area is 303 Å². The number of aliphatic hydroxyl groups is 1. The van der Waals surface area contributed by atoms with Crippen molar-refractivity contribution in [3.63, 3.8) is 0 Å². The summed E-state index contributed by atoms with van der Waals surface area (Å²) in [4.78, 5) is 61.0. The lowest BCUT2D eigenvalue weighted by Crippen LogP contribution is -2.60. The molecule has 5 bridgehead atoms. The number of rotatable bonds is 9. The molecule has 4 aliphatic rings. The monoisotopic (exact) mass is 757 g/mol. The van der Waals surface area contributed by atoms with Crippen LogP contribution in [0.2, 0.25) is 0 Å². The van der Waals surface area contributed by atoms with Crippen LogP contribution in [0.4, 0.5) is 0 Å². The van der Waals surface area contributed by atoms with Crippen LogP contribution in [-0.2, 0) is 33.4 Å². The normalized spacial score (nSPS) is 31.4. The van der Waals surface area contributed by atoms with Gasteiger partial charge in [-0.15, -0.1) is 0 Å². The number of aliphatic hydroxyl groups excluding tert-OH is 1. The molecule has 7 atom stereocenters. The molecule has 2 fully saturated rings. The summed E-state index contributed by atoms with van der Waals surface area (Å²) in [6.07, 6.45) is 6.03. The minimum atomic E-state index is -1.42. The molecule has 0 aromatic heterocycles. The number of benzene rings is 1. The molecule has 1 spiro atoms. The zero-order chi connectivity index (χ0) is 36.4. The zero-order valence-corrected chi connectivity index (χ0v) is 31.6. The second-order valence-electron chi connectivity index (χ2n) is 15.7. The van der Waals surface area contributed by atoms with E-state index in [0.29, 0.717) is 35.7 Å². The number of unbranched alkanes of at least 4 members (excludes halogenated alkanes) is 1. The van der Waals surface area contributed by atoms with Crippen LogP contribution >= 0.6 is 15.9 Å². The summed E-state index contributed by atoms with van der Waals surface area (Å²) in [6.45, 7) is 10.9. The minimum Gasteiger partial charge on any atom is -0.455 e. The number of methoxy groups -OCH3 is 1. The molecule has 0 saturated carbocycles. The minimum absolute atomic E-state index is 0.0518. The van der Waals surface area contributed by atoms with Gasteiger partial charge in [0, 0.05) is 43.2 Å². The van der Waals surface area contributed by atoms with Crippen LogP contribution in [0.15, 0.2) is 53.0 Å². The van der Waals surface area contributed by atoms with Crippen LogP contribution in [0.5, 0.6) is 0 Å². The number of carbonyl (C=O) groups is 4. The topological polar surface area (TPSA) is 135 Å². The van der Waals surface area contributed by atoms with Gasteiger partial charge < -0.3 is 34.4 Å². The zero-order valence-electron chi connectivity index (χ0n) is 30.0. The van der Waals surface area contributed by atoms with Gasteiger partial charge in [0.2, 0.25) is 17.7 Å². The Bertz CT molecular complexity index is 1490. The Kier molecular flexibility index (Phi) is 11.7. The Balaban J connectivity index is 1.64. The summed E-state index contributed by atoms with van der Waals surface area (Å²) < 4.78 is 19.1. The highest BCUT2D eigenvalue weighted by molar-refractivity contribution is 9.11. The lowest BCUT2D eigenvalue weighted by Gasteiger charge is -2.45. The molecule has 3 amide bonds. The van der Waals surface area contributed by atoms with Crippen LogP contribution in [0.25, 0.3) is 0 Å². The highest BCUT2D eigenvalue weighted by atomic mass is 79.9. The van der Waals surface area contributed by atoms with Crippen molar-refractivity contribution >= 4 is 39.6 Å². The lowest BCUT2D eigenvalue weighted by atomic mass is 9.74. The van der Waals surface area contributed by atoms with E-state index < -0.39 is 53.2 Å². The van der Waals surface area contributed by atoms with E-state index in [4.69, 9.17) is 14.2 Å². The highest BCUT2D eigenvalue weighted by Gasteiger charge is 2.75. The van der Waals surface area contributed by atoms with E-state index >= 15 is 4.79 Å². The molecule has 50 heavy (non-hydrogen) atoms. The van der Waals surface area contributed by atoms with E-state index in [0.717, 1.165) is 0 Å². The van der Waals surface area contributed by atoms with E-state index in [1.165, 1.54) is 7.11 Å².